The Bertz CT molecular complexity index is 597. The van der Waals surface area contributed by atoms with Crippen molar-refractivity contribution in [2.45, 2.75) is 51.1 Å². The van der Waals surface area contributed by atoms with Gasteiger partial charge in [0.25, 0.3) is 0 Å². The van der Waals surface area contributed by atoms with E-state index in [1.807, 2.05) is 6.92 Å². The highest BCUT2D eigenvalue weighted by Crippen LogP contribution is 2.47. The molecule has 0 amide bonds. The van der Waals surface area contributed by atoms with E-state index in [0.717, 1.165) is 26.1 Å². The Morgan fingerprint density at radius 3 is 2.67 bits per heavy atom. The van der Waals surface area contributed by atoms with Gasteiger partial charge in [-0.3, -0.25) is 9.69 Å². The van der Waals surface area contributed by atoms with Gasteiger partial charge in [-0.2, -0.15) is 0 Å². The summed E-state index contributed by atoms with van der Waals surface area (Å²) in [6, 6.07) is 9.21. The topological polar surface area (TPSA) is 32.8 Å². The maximum atomic E-state index is 13.0. The zero-order valence-electron chi connectivity index (χ0n) is 14.6. The molecule has 3 aliphatic heterocycles. The van der Waals surface area contributed by atoms with Crippen molar-refractivity contribution in [2.75, 3.05) is 31.1 Å². The van der Waals surface area contributed by atoms with E-state index in [4.69, 9.17) is 4.74 Å². The van der Waals surface area contributed by atoms with Crippen molar-refractivity contribution < 1.29 is 9.53 Å². The Kier molecular flexibility index (Phi) is 4.49. The van der Waals surface area contributed by atoms with Crippen LogP contribution in [0.5, 0.6) is 0 Å². The van der Waals surface area contributed by atoms with E-state index >= 15 is 0 Å². The molecule has 24 heavy (non-hydrogen) atoms. The second-order valence-corrected chi connectivity index (χ2v) is 7.28. The smallest absolute Gasteiger partial charge is 0.312 e. The number of nitrogens with zero attached hydrogens (tertiary/aromatic N) is 2. The van der Waals surface area contributed by atoms with Crippen LogP contribution < -0.4 is 4.90 Å². The molecule has 3 heterocycles. The number of carbonyl (C=O) groups excluding carboxylic acids is 1. The van der Waals surface area contributed by atoms with Gasteiger partial charge in [-0.1, -0.05) is 18.2 Å². The van der Waals surface area contributed by atoms with Gasteiger partial charge in [0, 0.05) is 18.3 Å². The van der Waals surface area contributed by atoms with Crippen LogP contribution in [-0.2, 0) is 9.53 Å². The summed E-state index contributed by atoms with van der Waals surface area (Å²) in [5, 5.41) is 0. The summed E-state index contributed by atoms with van der Waals surface area (Å²) in [6.07, 6.45) is 6.01. The summed E-state index contributed by atoms with van der Waals surface area (Å²) >= 11 is 0. The highest BCUT2D eigenvalue weighted by atomic mass is 16.5. The minimum atomic E-state index is -0.0572. The minimum absolute atomic E-state index is 0.000744. The van der Waals surface area contributed by atoms with E-state index < -0.39 is 0 Å². The maximum absolute atomic E-state index is 13.0. The number of carbonyl (C=O) groups is 1. The van der Waals surface area contributed by atoms with E-state index in [9.17, 15) is 4.79 Å². The van der Waals surface area contributed by atoms with Crippen LogP contribution in [0.4, 0.5) is 5.69 Å². The van der Waals surface area contributed by atoms with Crippen LogP contribution >= 0.6 is 0 Å². The first-order valence-corrected chi connectivity index (χ1v) is 9.57. The Morgan fingerprint density at radius 1 is 1.12 bits per heavy atom. The molecule has 2 saturated heterocycles. The quantitative estimate of drug-likeness (QED) is 0.797. The van der Waals surface area contributed by atoms with Crippen molar-refractivity contribution in [1.82, 2.24) is 4.90 Å². The zero-order chi connectivity index (χ0) is 16.5. The number of likely N-dealkylation sites (tertiary alicyclic amines) is 1. The van der Waals surface area contributed by atoms with Crippen LogP contribution in [0.1, 0.15) is 50.6 Å². The van der Waals surface area contributed by atoms with Gasteiger partial charge in [-0.15, -0.1) is 0 Å². The molecule has 0 N–H and O–H groups in total. The van der Waals surface area contributed by atoms with Crippen LogP contribution in [0.15, 0.2) is 24.3 Å². The molecule has 0 radical (unpaired) electrons. The van der Waals surface area contributed by atoms with Gasteiger partial charge in [0.1, 0.15) is 0 Å². The van der Waals surface area contributed by atoms with Gasteiger partial charge in [-0.25, -0.2) is 0 Å². The molecule has 3 aliphatic rings. The van der Waals surface area contributed by atoms with Crippen molar-refractivity contribution in [3.8, 4) is 0 Å². The van der Waals surface area contributed by atoms with Crippen molar-refractivity contribution >= 4 is 11.7 Å². The molecule has 4 rings (SSSR count). The van der Waals surface area contributed by atoms with Gasteiger partial charge in [0.05, 0.1) is 18.6 Å². The van der Waals surface area contributed by atoms with Crippen LogP contribution in [0, 0.1) is 5.92 Å². The molecule has 4 nitrogen and oxygen atoms in total. The van der Waals surface area contributed by atoms with E-state index in [1.165, 1.54) is 36.9 Å². The Hall–Kier alpha value is -1.55. The largest absolute Gasteiger partial charge is 0.466 e. The Morgan fingerprint density at radius 2 is 1.88 bits per heavy atom. The number of rotatable bonds is 3. The van der Waals surface area contributed by atoms with Crippen molar-refractivity contribution in [3.63, 3.8) is 0 Å². The molecule has 0 unspecified atom stereocenters. The molecule has 0 spiro atoms. The van der Waals surface area contributed by atoms with Crippen molar-refractivity contribution in [1.29, 1.82) is 0 Å². The summed E-state index contributed by atoms with van der Waals surface area (Å²) < 4.78 is 5.54. The van der Waals surface area contributed by atoms with Crippen LogP contribution in [-0.4, -0.2) is 43.2 Å². The average molecular weight is 328 g/mol. The first-order chi connectivity index (χ1) is 11.8. The molecule has 0 saturated carbocycles. The molecular weight excluding hydrogens is 300 g/mol. The van der Waals surface area contributed by atoms with Crippen molar-refractivity contribution in [3.05, 3.63) is 29.8 Å². The van der Waals surface area contributed by atoms with Gasteiger partial charge in [0.15, 0.2) is 0 Å². The van der Waals surface area contributed by atoms with E-state index in [1.54, 1.807) is 0 Å². The first kappa shape index (κ1) is 15.9. The molecule has 130 valence electrons. The molecule has 2 fully saturated rings. The van der Waals surface area contributed by atoms with Gasteiger partial charge < -0.3 is 9.64 Å². The van der Waals surface area contributed by atoms with Crippen LogP contribution in [0.2, 0.25) is 0 Å². The highest BCUT2D eigenvalue weighted by Gasteiger charge is 2.48. The van der Waals surface area contributed by atoms with E-state index in [-0.39, 0.29) is 17.9 Å². The lowest BCUT2D eigenvalue weighted by molar-refractivity contribution is -0.152. The summed E-state index contributed by atoms with van der Waals surface area (Å²) in [5.74, 6) is -0.0564. The number of benzene rings is 1. The lowest BCUT2D eigenvalue weighted by Crippen LogP contribution is -2.55. The molecular formula is C20H28N2O2. The lowest BCUT2D eigenvalue weighted by Gasteiger charge is -2.50. The number of esters is 1. The highest BCUT2D eigenvalue weighted by molar-refractivity contribution is 5.78. The SMILES string of the molecule is CCOC(=O)[C@@H]1[C@H]2CCCCN2c2ccccc2[C@@H]1N1CCCC1. The molecule has 1 aromatic rings. The van der Waals surface area contributed by atoms with Crippen molar-refractivity contribution in [2.24, 2.45) is 5.92 Å². The number of hydrogen-bond donors (Lipinski definition) is 0. The maximum Gasteiger partial charge on any atom is 0.312 e. The number of hydrogen-bond acceptors (Lipinski definition) is 4. The third-order valence-corrected chi connectivity index (χ3v) is 5.96. The first-order valence-electron chi connectivity index (χ1n) is 9.57. The molecule has 3 atom stereocenters. The van der Waals surface area contributed by atoms with Crippen LogP contribution in [0.25, 0.3) is 0 Å². The molecule has 4 heteroatoms. The normalized spacial score (nSPS) is 29.9. The fourth-order valence-corrected chi connectivity index (χ4v) is 5.00. The fourth-order valence-electron chi connectivity index (χ4n) is 5.00. The minimum Gasteiger partial charge on any atom is -0.466 e. The lowest BCUT2D eigenvalue weighted by atomic mass is 9.76. The predicted octanol–water partition coefficient (Wildman–Crippen LogP) is 3.38. The summed E-state index contributed by atoms with van der Waals surface area (Å²) in [5.41, 5.74) is 2.68. The third kappa shape index (κ3) is 2.61. The van der Waals surface area contributed by atoms with E-state index in [2.05, 4.69) is 34.1 Å². The number of piperidine rings is 1. The van der Waals surface area contributed by atoms with Gasteiger partial charge in [0.2, 0.25) is 0 Å². The second kappa shape index (κ2) is 6.75. The van der Waals surface area contributed by atoms with E-state index in [0.29, 0.717) is 12.6 Å². The fraction of sp³-hybridized carbons (Fsp3) is 0.650. The number of anilines is 1. The molecule has 0 aromatic heterocycles. The van der Waals surface area contributed by atoms with Gasteiger partial charge >= 0.3 is 5.97 Å². The predicted molar refractivity (Wildman–Crippen MR) is 95.1 cm³/mol. The Labute approximate surface area is 144 Å². The van der Waals surface area contributed by atoms with Crippen LogP contribution in [0.3, 0.4) is 0 Å². The standard InChI is InChI=1S/C20H28N2O2/c1-2-24-20(23)18-17-11-5-6-14-22(17)16-10-4-3-9-15(16)19(18)21-12-7-8-13-21/h3-4,9-10,17-19H,2,5-8,11-14H2,1H3/t17-,18-,19+/m1/s1. The summed E-state index contributed by atoms with van der Waals surface area (Å²) in [6.45, 7) is 5.64. The number of fused-ring (bicyclic) bond motifs is 3. The zero-order valence-corrected chi connectivity index (χ0v) is 14.6. The number of para-hydroxylation sites is 1. The van der Waals surface area contributed by atoms with Gasteiger partial charge in [-0.05, 0) is 63.7 Å². The second-order valence-electron chi connectivity index (χ2n) is 7.28. The average Bonchev–Trinajstić information content (AvgIpc) is 3.15. The number of ether oxygens (including phenoxy) is 1. The Balaban J connectivity index is 1.80. The summed E-state index contributed by atoms with van der Waals surface area (Å²) in [7, 11) is 0. The third-order valence-electron chi connectivity index (χ3n) is 5.96. The molecule has 0 bridgehead atoms. The monoisotopic (exact) mass is 328 g/mol. The molecule has 1 aromatic carbocycles. The molecule has 0 aliphatic carbocycles. The summed E-state index contributed by atoms with van der Waals surface area (Å²) in [4.78, 5) is 18.0.